The molecule has 0 unspecified atom stereocenters. The van der Waals surface area contributed by atoms with Crippen LogP contribution in [0.15, 0.2) is 36.7 Å². The van der Waals surface area contributed by atoms with E-state index in [0.717, 1.165) is 24.7 Å². The fraction of sp³-hybridized carbons (Fsp3) is 0.353. The van der Waals surface area contributed by atoms with Crippen LogP contribution in [0.25, 0.3) is 0 Å². The summed E-state index contributed by atoms with van der Waals surface area (Å²) in [4.78, 5) is 22.5. The maximum absolute atomic E-state index is 12.0. The summed E-state index contributed by atoms with van der Waals surface area (Å²) >= 11 is 0. The molecule has 24 heavy (non-hydrogen) atoms. The van der Waals surface area contributed by atoms with Gasteiger partial charge in [0, 0.05) is 19.2 Å². The largest absolute Gasteiger partial charge is 0.497 e. The number of rotatable bonds is 6. The Morgan fingerprint density at radius 1 is 1.17 bits per heavy atom. The van der Waals surface area contributed by atoms with Crippen LogP contribution < -0.4 is 19.7 Å². The van der Waals surface area contributed by atoms with Crippen molar-refractivity contribution >= 4 is 17.5 Å². The number of ether oxygens (including phenoxy) is 2. The number of amides is 1. The normalized spacial score (nSPS) is 13.6. The number of methoxy groups -OCH3 is 1. The molecular formula is C17H20N4O3. The Balaban J connectivity index is 1.53. The van der Waals surface area contributed by atoms with E-state index in [1.54, 1.807) is 37.4 Å². The first kappa shape index (κ1) is 16.0. The minimum Gasteiger partial charge on any atom is -0.497 e. The molecule has 1 aromatic heterocycles. The van der Waals surface area contributed by atoms with Gasteiger partial charge in [-0.15, -0.1) is 0 Å². The molecule has 0 aliphatic carbocycles. The van der Waals surface area contributed by atoms with Crippen molar-refractivity contribution in [2.45, 2.75) is 12.8 Å². The van der Waals surface area contributed by atoms with E-state index >= 15 is 0 Å². The number of carbonyl (C=O) groups excluding carboxylic acids is 1. The summed E-state index contributed by atoms with van der Waals surface area (Å²) in [6.45, 7) is 1.89. The lowest BCUT2D eigenvalue weighted by atomic mass is 10.3. The number of carbonyl (C=O) groups is 1. The lowest BCUT2D eigenvalue weighted by Crippen LogP contribution is -2.22. The highest BCUT2D eigenvalue weighted by molar-refractivity contribution is 5.91. The first-order valence-electron chi connectivity index (χ1n) is 7.88. The SMILES string of the molecule is COc1ccc(OCC(=O)Nc2cc(N3CCCC3)ncn2)cc1. The van der Waals surface area contributed by atoms with E-state index in [4.69, 9.17) is 9.47 Å². The van der Waals surface area contributed by atoms with Gasteiger partial charge >= 0.3 is 0 Å². The first-order chi connectivity index (χ1) is 11.7. The van der Waals surface area contributed by atoms with Crippen molar-refractivity contribution in [3.05, 3.63) is 36.7 Å². The molecule has 7 nitrogen and oxygen atoms in total. The van der Waals surface area contributed by atoms with Crippen LogP contribution in [0.1, 0.15) is 12.8 Å². The summed E-state index contributed by atoms with van der Waals surface area (Å²) in [5, 5.41) is 2.73. The third kappa shape index (κ3) is 4.13. The summed E-state index contributed by atoms with van der Waals surface area (Å²) in [5.41, 5.74) is 0. The predicted molar refractivity (Wildman–Crippen MR) is 90.6 cm³/mol. The smallest absolute Gasteiger partial charge is 0.263 e. The second-order valence-electron chi connectivity index (χ2n) is 5.47. The van der Waals surface area contributed by atoms with Crippen molar-refractivity contribution in [3.63, 3.8) is 0 Å². The van der Waals surface area contributed by atoms with E-state index in [9.17, 15) is 4.79 Å². The van der Waals surface area contributed by atoms with Gasteiger partial charge in [0.1, 0.15) is 29.5 Å². The summed E-state index contributed by atoms with van der Waals surface area (Å²) in [6, 6.07) is 8.85. The van der Waals surface area contributed by atoms with Crippen molar-refractivity contribution in [3.8, 4) is 11.5 Å². The third-order valence-corrected chi connectivity index (χ3v) is 3.78. The topological polar surface area (TPSA) is 76.6 Å². The quantitative estimate of drug-likeness (QED) is 0.875. The fourth-order valence-corrected chi connectivity index (χ4v) is 2.53. The minimum atomic E-state index is -0.267. The van der Waals surface area contributed by atoms with Gasteiger partial charge in [-0.1, -0.05) is 0 Å². The molecule has 1 aromatic carbocycles. The molecule has 1 saturated heterocycles. The van der Waals surface area contributed by atoms with Crippen molar-refractivity contribution in [2.24, 2.45) is 0 Å². The van der Waals surface area contributed by atoms with Crippen molar-refractivity contribution in [1.29, 1.82) is 0 Å². The van der Waals surface area contributed by atoms with Crippen LogP contribution in [0.3, 0.4) is 0 Å². The number of benzene rings is 1. The van der Waals surface area contributed by atoms with Gasteiger partial charge in [-0.3, -0.25) is 4.79 Å². The molecule has 7 heteroatoms. The molecule has 126 valence electrons. The molecule has 1 aliphatic rings. The van der Waals surface area contributed by atoms with E-state index in [0.29, 0.717) is 11.6 Å². The Hall–Kier alpha value is -2.83. The maximum Gasteiger partial charge on any atom is 0.263 e. The van der Waals surface area contributed by atoms with Crippen LogP contribution >= 0.6 is 0 Å². The Kier molecular flexibility index (Phi) is 5.10. The van der Waals surface area contributed by atoms with Crippen LogP contribution in [0, 0.1) is 0 Å². The van der Waals surface area contributed by atoms with Crippen LogP contribution in [0.4, 0.5) is 11.6 Å². The van der Waals surface area contributed by atoms with Crippen LogP contribution in [-0.4, -0.2) is 42.7 Å². The van der Waals surface area contributed by atoms with E-state index in [1.807, 2.05) is 0 Å². The van der Waals surface area contributed by atoms with E-state index in [-0.39, 0.29) is 12.5 Å². The van der Waals surface area contributed by atoms with Crippen LogP contribution in [0.5, 0.6) is 11.5 Å². The third-order valence-electron chi connectivity index (χ3n) is 3.78. The highest BCUT2D eigenvalue weighted by Crippen LogP contribution is 2.19. The molecule has 3 rings (SSSR count). The summed E-state index contributed by atoms with van der Waals surface area (Å²) in [7, 11) is 1.60. The number of hydrogen-bond donors (Lipinski definition) is 1. The van der Waals surface area contributed by atoms with Gasteiger partial charge in [0.2, 0.25) is 0 Å². The molecule has 0 radical (unpaired) electrons. The molecule has 2 aromatic rings. The second-order valence-corrected chi connectivity index (χ2v) is 5.47. The van der Waals surface area contributed by atoms with Crippen molar-refractivity contribution < 1.29 is 14.3 Å². The Bertz CT molecular complexity index is 684. The van der Waals surface area contributed by atoms with Crippen LogP contribution in [0.2, 0.25) is 0 Å². The Morgan fingerprint density at radius 3 is 2.58 bits per heavy atom. The van der Waals surface area contributed by atoms with Gasteiger partial charge < -0.3 is 19.7 Å². The van der Waals surface area contributed by atoms with E-state index < -0.39 is 0 Å². The maximum atomic E-state index is 12.0. The number of nitrogens with one attached hydrogen (secondary N) is 1. The summed E-state index contributed by atoms with van der Waals surface area (Å²) < 4.78 is 10.5. The molecule has 1 aliphatic heterocycles. The second kappa shape index (κ2) is 7.63. The zero-order valence-corrected chi connectivity index (χ0v) is 13.6. The fourth-order valence-electron chi connectivity index (χ4n) is 2.53. The Labute approximate surface area is 140 Å². The van der Waals surface area contributed by atoms with Gasteiger partial charge in [0.25, 0.3) is 5.91 Å². The summed E-state index contributed by atoms with van der Waals surface area (Å²) in [5.74, 6) is 2.40. The van der Waals surface area contributed by atoms with E-state index in [1.165, 1.54) is 19.2 Å². The molecule has 1 fully saturated rings. The van der Waals surface area contributed by atoms with Crippen molar-refractivity contribution in [1.82, 2.24) is 9.97 Å². The van der Waals surface area contributed by atoms with Gasteiger partial charge in [0.15, 0.2) is 6.61 Å². The van der Waals surface area contributed by atoms with Crippen molar-refractivity contribution in [2.75, 3.05) is 37.0 Å². The molecule has 0 spiro atoms. The molecule has 1 amide bonds. The molecule has 2 heterocycles. The van der Waals surface area contributed by atoms with Gasteiger partial charge in [0.05, 0.1) is 7.11 Å². The Morgan fingerprint density at radius 2 is 1.88 bits per heavy atom. The number of anilines is 2. The van der Waals surface area contributed by atoms with Gasteiger partial charge in [-0.05, 0) is 37.1 Å². The lowest BCUT2D eigenvalue weighted by molar-refractivity contribution is -0.118. The lowest BCUT2D eigenvalue weighted by Gasteiger charge is -2.16. The number of aromatic nitrogens is 2. The average Bonchev–Trinajstić information content (AvgIpc) is 3.15. The predicted octanol–water partition coefficient (Wildman–Crippen LogP) is 2.10. The average molecular weight is 328 g/mol. The first-order valence-corrected chi connectivity index (χ1v) is 7.88. The minimum absolute atomic E-state index is 0.0879. The highest BCUT2D eigenvalue weighted by Gasteiger charge is 2.14. The molecule has 0 bridgehead atoms. The highest BCUT2D eigenvalue weighted by atomic mass is 16.5. The summed E-state index contributed by atoms with van der Waals surface area (Å²) in [6.07, 6.45) is 3.80. The van der Waals surface area contributed by atoms with Crippen LogP contribution in [-0.2, 0) is 4.79 Å². The van der Waals surface area contributed by atoms with E-state index in [2.05, 4.69) is 20.2 Å². The molecular weight excluding hydrogens is 308 g/mol. The zero-order chi connectivity index (χ0) is 16.8. The standard InChI is InChI=1S/C17H20N4O3/c1-23-13-4-6-14(7-5-13)24-11-17(22)20-15-10-16(19-12-18-15)21-8-2-3-9-21/h4-7,10,12H,2-3,8-9,11H2,1H3,(H,18,19,20,22). The molecule has 0 saturated carbocycles. The number of hydrogen-bond acceptors (Lipinski definition) is 6. The molecule has 0 atom stereocenters. The zero-order valence-electron chi connectivity index (χ0n) is 13.6. The molecule has 1 N–H and O–H groups in total. The number of nitrogens with zero attached hydrogens (tertiary/aromatic N) is 3. The van der Waals surface area contributed by atoms with Gasteiger partial charge in [-0.25, -0.2) is 9.97 Å². The monoisotopic (exact) mass is 328 g/mol. The van der Waals surface area contributed by atoms with Gasteiger partial charge in [-0.2, -0.15) is 0 Å².